The Bertz CT molecular complexity index is 400. The molecule has 0 saturated carbocycles. The number of carbonyl (C=O) groups excluding carboxylic acids is 1. The Morgan fingerprint density at radius 2 is 1.84 bits per heavy atom. The van der Waals surface area contributed by atoms with E-state index in [9.17, 15) is 4.79 Å². The summed E-state index contributed by atoms with van der Waals surface area (Å²) in [5.74, 6) is 0.829. The van der Waals surface area contributed by atoms with Crippen molar-refractivity contribution in [3.63, 3.8) is 0 Å². The van der Waals surface area contributed by atoms with E-state index in [1.165, 1.54) is 0 Å². The number of nitrogens with zero attached hydrogens (tertiary/aromatic N) is 2. The molecule has 0 aromatic heterocycles. The number of ether oxygens (including phenoxy) is 1. The van der Waals surface area contributed by atoms with Crippen LogP contribution in [0.4, 0.5) is 0 Å². The summed E-state index contributed by atoms with van der Waals surface area (Å²) in [5.41, 5.74) is 0. The first kappa shape index (κ1) is 13.9. The first-order chi connectivity index (χ1) is 9.20. The van der Waals surface area contributed by atoms with Gasteiger partial charge in [0.1, 0.15) is 5.75 Å². The Hall–Kier alpha value is -1.55. The zero-order valence-corrected chi connectivity index (χ0v) is 11.7. The standard InChI is InChI=1S/C15H22N2O2/c1-3-16-9-11-17(12-10-16)15(18)13(2)19-14-7-5-4-6-8-14/h4-8,13H,3,9-12H2,1-2H3/t13-/m0/s1. The normalized spacial score (nSPS) is 18.1. The van der Waals surface area contributed by atoms with Gasteiger partial charge in [-0.1, -0.05) is 25.1 Å². The lowest BCUT2D eigenvalue weighted by Crippen LogP contribution is -2.51. The molecule has 4 heteroatoms. The van der Waals surface area contributed by atoms with Gasteiger partial charge in [-0.2, -0.15) is 0 Å². The molecule has 0 radical (unpaired) electrons. The minimum Gasteiger partial charge on any atom is -0.481 e. The molecule has 1 atom stereocenters. The van der Waals surface area contributed by atoms with Crippen LogP contribution in [-0.2, 0) is 4.79 Å². The SMILES string of the molecule is CCN1CCN(C(=O)[C@H](C)Oc2ccccc2)CC1. The second kappa shape index (κ2) is 6.57. The van der Waals surface area contributed by atoms with Crippen molar-refractivity contribution >= 4 is 5.91 Å². The summed E-state index contributed by atoms with van der Waals surface area (Å²) in [7, 11) is 0. The predicted molar refractivity (Wildman–Crippen MR) is 75.2 cm³/mol. The van der Waals surface area contributed by atoms with Gasteiger partial charge in [0, 0.05) is 26.2 Å². The van der Waals surface area contributed by atoms with Crippen molar-refractivity contribution in [1.29, 1.82) is 0 Å². The maximum Gasteiger partial charge on any atom is 0.263 e. The first-order valence-corrected chi connectivity index (χ1v) is 6.93. The molecule has 4 nitrogen and oxygen atoms in total. The third-order valence-electron chi connectivity index (χ3n) is 3.54. The molecule has 0 unspecified atom stereocenters. The maximum atomic E-state index is 12.3. The molecule has 0 bridgehead atoms. The number of amides is 1. The van der Waals surface area contributed by atoms with Gasteiger partial charge >= 0.3 is 0 Å². The lowest BCUT2D eigenvalue weighted by molar-refractivity contribution is -0.139. The quantitative estimate of drug-likeness (QED) is 0.826. The summed E-state index contributed by atoms with van der Waals surface area (Å²) in [4.78, 5) is 16.5. The highest BCUT2D eigenvalue weighted by Gasteiger charge is 2.25. The Morgan fingerprint density at radius 3 is 2.42 bits per heavy atom. The second-order valence-electron chi connectivity index (χ2n) is 4.83. The van der Waals surface area contributed by atoms with Crippen LogP contribution in [0.15, 0.2) is 30.3 Å². The van der Waals surface area contributed by atoms with E-state index in [0.29, 0.717) is 0 Å². The van der Waals surface area contributed by atoms with E-state index in [4.69, 9.17) is 4.74 Å². The van der Waals surface area contributed by atoms with Crippen molar-refractivity contribution in [3.05, 3.63) is 30.3 Å². The van der Waals surface area contributed by atoms with Crippen molar-refractivity contribution in [2.45, 2.75) is 20.0 Å². The monoisotopic (exact) mass is 262 g/mol. The van der Waals surface area contributed by atoms with Crippen molar-refractivity contribution in [3.8, 4) is 5.75 Å². The first-order valence-electron chi connectivity index (χ1n) is 6.93. The van der Waals surface area contributed by atoms with Gasteiger partial charge in [0.05, 0.1) is 0 Å². The zero-order valence-electron chi connectivity index (χ0n) is 11.7. The van der Waals surface area contributed by atoms with Crippen LogP contribution < -0.4 is 4.74 Å². The number of carbonyl (C=O) groups is 1. The van der Waals surface area contributed by atoms with Crippen LogP contribution in [0.3, 0.4) is 0 Å². The minimum atomic E-state index is -0.421. The van der Waals surface area contributed by atoms with Crippen molar-refractivity contribution in [2.75, 3.05) is 32.7 Å². The number of likely N-dealkylation sites (N-methyl/N-ethyl adjacent to an activating group) is 1. The molecule has 1 heterocycles. The summed E-state index contributed by atoms with van der Waals surface area (Å²) >= 11 is 0. The van der Waals surface area contributed by atoms with Crippen molar-refractivity contribution in [1.82, 2.24) is 9.80 Å². The van der Waals surface area contributed by atoms with E-state index >= 15 is 0 Å². The molecule has 1 fully saturated rings. The third-order valence-corrected chi connectivity index (χ3v) is 3.54. The van der Waals surface area contributed by atoms with Crippen LogP contribution >= 0.6 is 0 Å². The van der Waals surface area contributed by atoms with Gasteiger partial charge in [-0.25, -0.2) is 0 Å². The van der Waals surface area contributed by atoms with Crippen LogP contribution in [-0.4, -0.2) is 54.5 Å². The molecule has 1 amide bonds. The molecule has 104 valence electrons. The Labute approximate surface area is 115 Å². The molecule has 1 aliphatic rings. The molecule has 19 heavy (non-hydrogen) atoms. The largest absolute Gasteiger partial charge is 0.481 e. The van der Waals surface area contributed by atoms with E-state index in [1.807, 2.05) is 42.2 Å². The molecule has 1 saturated heterocycles. The van der Waals surface area contributed by atoms with E-state index in [0.717, 1.165) is 38.5 Å². The van der Waals surface area contributed by atoms with Crippen molar-refractivity contribution in [2.24, 2.45) is 0 Å². The van der Waals surface area contributed by atoms with Crippen LogP contribution in [0, 0.1) is 0 Å². The van der Waals surface area contributed by atoms with Crippen LogP contribution in [0.25, 0.3) is 0 Å². The highest BCUT2D eigenvalue weighted by molar-refractivity contribution is 5.81. The maximum absolute atomic E-state index is 12.3. The predicted octanol–water partition coefficient (Wildman–Crippen LogP) is 1.62. The van der Waals surface area contributed by atoms with Crippen LogP contribution in [0.5, 0.6) is 5.75 Å². The van der Waals surface area contributed by atoms with E-state index in [2.05, 4.69) is 11.8 Å². The van der Waals surface area contributed by atoms with E-state index in [-0.39, 0.29) is 5.91 Å². The number of hydrogen-bond acceptors (Lipinski definition) is 3. The van der Waals surface area contributed by atoms with E-state index < -0.39 is 6.10 Å². The van der Waals surface area contributed by atoms with Gasteiger partial charge < -0.3 is 14.5 Å². The summed E-state index contributed by atoms with van der Waals surface area (Å²) in [6, 6.07) is 9.50. The highest BCUT2D eigenvalue weighted by Crippen LogP contribution is 2.13. The fraction of sp³-hybridized carbons (Fsp3) is 0.533. The molecule has 0 spiro atoms. The summed E-state index contributed by atoms with van der Waals surface area (Å²) in [5, 5.41) is 0. The number of piperazine rings is 1. The van der Waals surface area contributed by atoms with Gasteiger partial charge in [-0.15, -0.1) is 0 Å². The van der Waals surface area contributed by atoms with Gasteiger partial charge in [0.25, 0.3) is 5.91 Å². The molecule has 2 rings (SSSR count). The molecule has 0 N–H and O–H groups in total. The van der Waals surface area contributed by atoms with E-state index in [1.54, 1.807) is 0 Å². The highest BCUT2D eigenvalue weighted by atomic mass is 16.5. The zero-order chi connectivity index (χ0) is 13.7. The summed E-state index contributed by atoms with van der Waals surface area (Å²) in [6.07, 6.45) is -0.421. The Morgan fingerprint density at radius 1 is 1.21 bits per heavy atom. The molecule has 1 aromatic rings. The fourth-order valence-corrected chi connectivity index (χ4v) is 2.30. The summed E-state index contributed by atoms with van der Waals surface area (Å²) < 4.78 is 5.68. The van der Waals surface area contributed by atoms with Crippen LogP contribution in [0.1, 0.15) is 13.8 Å². The number of benzene rings is 1. The molecule has 1 aliphatic heterocycles. The smallest absolute Gasteiger partial charge is 0.263 e. The lowest BCUT2D eigenvalue weighted by Gasteiger charge is -2.35. The average molecular weight is 262 g/mol. The van der Waals surface area contributed by atoms with Crippen molar-refractivity contribution < 1.29 is 9.53 Å². The van der Waals surface area contributed by atoms with Crippen LogP contribution in [0.2, 0.25) is 0 Å². The molecule has 0 aliphatic carbocycles. The molecular formula is C15H22N2O2. The molecular weight excluding hydrogens is 240 g/mol. The van der Waals surface area contributed by atoms with Gasteiger partial charge in [-0.3, -0.25) is 4.79 Å². The van der Waals surface area contributed by atoms with Gasteiger partial charge in [-0.05, 0) is 25.6 Å². The molecule has 1 aromatic carbocycles. The van der Waals surface area contributed by atoms with Gasteiger partial charge in [0.15, 0.2) is 6.10 Å². The lowest BCUT2D eigenvalue weighted by atomic mass is 10.2. The number of rotatable bonds is 4. The third kappa shape index (κ3) is 3.70. The van der Waals surface area contributed by atoms with Gasteiger partial charge in [0.2, 0.25) is 0 Å². The number of hydrogen-bond donors (Lipinski definition) is 0. The Kier molecular flexibility index (Phi) is 4.80. The second-order valence-corrected chi connectivity index (χ2v) is 4.83. The minimum absolute atomic E-state index is 0.0830. The summed E-state index contributed by atoms with van der Waals surface area (Å²) in [6.45, 7) is 8.54. The Balaban J connectivity index is 1.86. The fourth-order valence-electron chi connectivity index (χ4n) is 2.30. The topological polar surface area (TPSA) is 32.8 Å². The number of para-hydroxylation sites is 1. The average Bonchev–Trinajstić information content (AvgIpc) is 2.47.